The van der Waals surface area contributed by atoms with Crippen molar-refractivity contribution in [1.29, 1.82) is 0 Å². The molecule has 0 aliphatic carbocycles. The highest BCUT2D eigenvalue weighted by atomic mass is 127. The molecule has 1 aromatic carbocycles. The van der Waals surface area contributed by atoms with Crippen LogP contribution in [0.1, 0.15) is 19.3 Å². The molecule has 0 atom stereocenters. The van der Waals surface area contributed by atoms with Crippen molar-refractivity contribution in [2.75, 3.05) is 51.9 Å². The molecule has 1 saturated heterocycles. The summed E-state index contributed by atoms with van der Waals surface area (Å²) in [4.78, 5) is 16.0. The minimum atomic E-state index is -0.112. The number of hydrogen-bond donors (Lipinski definition) is 3. The van der Waals surface area contributed by atoms with E-state index in [1.807, 2.05) is 30.3 Å². The fourth-order valence-corrected chi connectivity index (χ4v) is 2.66. The second-order valence-electron chi connectivity index (χ2n) is 6.25. The number of nitrogens with one attached hydrogen (secondary N) is 3. The molecule has 2 rings (SSSR count). The van der Waals surface area contributed by atoms with Gasteiger partial charge in [-0.15, -0.1) is 24.0 Å². The third-order valence-electron chi connectivity index (χ3n) is 4.15. The molecule has 3 N–H and O–H groups in total. The lowest BCUT2D eigenvalue weighted by atomic mass is 10.0. The summed E-state index contributed by atoms with van der Waals surface area (Å²) in [5.41, 5.74) is 0.781. The Hall–Kier alpha value is -1.39. The van der Waals surface area contributed by atoms with E-state index in [1.165, 1.54) is 0 Å². The van der Waals surface area contributed by atoms with Crippen molar-refractivity contribution in [2.45, 2.75) is 19.3 Å². The number of amides is 1. The summed E-state index contributed by atoms with van der Waals surface area (Å²) in [6, 6.07) is 9.38. The topological polar surface area (TPSA) is 84.0 Å². The van der Waals surface area contributed by atoms with E-state index in [-0.39, 0.29) is 36.4 Å². The number of rotatable bonds is 9. The van der Waals surface area contributed by atoms with Crippen molar-refractivity contribution in [3.05, 3.63) is 30.3 Å². The predicted molar refractivity (Wildman–Crippen MR) is 119 cm³/mol. The molecule has 7 nitrogen and oxygen atoms in total. The normalized spacial score (nSPS) is 14.9. The van der Waals surface area contributed by atoms with Gasteiger partial charge in [0.1, 0.15) is 0 Å². The molecular formula is C19H31IN4O3. The average molecular weight is 490 g/mol. The van der Waals surface area contributed by atoms with Gasteiger partial charge in [0.25, 0.3) is 0 Å². The molecule has 8 heteroatoms. The number of carbonyl (C=O) groups is 1. The summed E-state index contributed by atoms with van der Waals surface area (Å²) in [6.07, 6.45) is 3.08. The highest BCUT2D eigenvalue weighted by Crippen LogP contribution is 2.14. The number of anilines is 1. The van der Waals surface area contributed by atoms with E-state index in [4.69, 9.17) is 9.47 Å². The Labute approximate surface area is 178 Å². The summed E-state index contributed by atoms with van der Waals surface area (Å²) < 4.78 is 11.1. The standard InChI is InChI=1S/C19H30N4O3.HI/c1-20-19(22-14-18(24)23-17-6-3-2-4-7-17)21-10-5-11-26-15-16-8-12-25-13-9-16;/h2-4,6-7,16H,5,8-15H2,1H3,(H,23,24)(H2,20,21,22);1H. The van der Waals surface area contributed by atoms with Crippen LogP contribution < -0.4 is 16.0 Å². The number of ether oxygens (including phenoxy) is 2. The number of nitrogens with zero attached hydrogens (tertiary/aromatic N) is 1. The number of benzene rings is 1. The van der Waals surface area contributed by atoms with E-state index in [1.54, 1.807) is 7.05 Å². The van der Waals surface area contributed by atoms with E-state index in [0.29, 0.717) is 11.9 Å². The first kappa shape index (κ1) is 23.6. The third kappa shape index (κ3) is 10.5. The maximum absolute atomic E-state index is 11.9. The van der Waals surface area contributed by atoms with Crippen LogP contribution in [0.15, 0.2) is 35.3 Å². The van der Waals surface area contributed by atoms with Gasteiger partial charge in [-0.2, -0.15) is 0 Å². The number of aliphatic imine (C=N–C) groups is 1. The van der Waals surface area contributed by atoms with Gasteiger partial charge < -0.3 is 25.4 Å². The van der Waals surface area contributed by atoms with Gasteiger partial charge in [0.05, 0.1) is 6.54 Å². The summed E-state index contributed by atoms with van der Waals surface area (Å²) in [7, 11) is 1.69. The Balaban J connectivity index is 0.00000364. The molecule has 0 radical (unpaired) electrons. The number of carbonyl (C=O) groups excluding carboxylic acids is 1. The Morgan fingerprint density at radius 3 is 2.67 bits per heavy atom. The van der Waals surface area contributed by atoms with Gasteiger partial charge in [-0.05, 0) is 37.3 Å². The second kappa shape index (κ2) is 14.6. The summed E-state index contributed by atoms with van der Waals surface area (Å²) in [5, 5.41) is 9.01. The van der Waals surface area contributed by atoms with Crippen molar-refractivity contribution in [3.63, 3.8) is 0 Å². The van der Waals surface area contributed by atoms with Crippen LogP contribution in [0.25, 0.3) is 0 Å². The van der Waals surface area contributed by atoms with Gasteiger partial charge in [0, 0.05) is 45.7 Å². The van der Waals surface area contributed by atoms with Gasteiger partial charge in [-0.25, -0.2) is 0 Å². The van der Waals surface area contributed by atoms with Gasteiger partial charge in [0.2, 0.25) is 5.91 Å². The molecule has 152 valence electrons. The Kier molecular flexibility index (Phi) is 12.8. The molecule has 1 amide bonds. The first-order valence-corrected chi connectivity index (χ1v) is 9.23. The van der Waals surface area contributed by atoms with Gasteiger partial charge in [-0.1, -0.05) is 18.2 Å². The number of halogens is 1. The van der Waals surface area contributed by atoms with E-state index >= 15 is 0 Å². The molecule has 0 unspecified atom stereocenters. The molecule has 1 heterocycles. The van der Waals surface area contributed by atoms with Crippen LogP contribution in [0, 0.1) is 5.92 Å². The van der Waals surface area contributed by atoms with Crippen LogP contribution in [0.5, 0.6) is 0 Å². The van der Waals surface area contributed by atoms with Crippen molar-refractivity contribution in [3.8, 4) is 0 Å². The summed E-state index contributed by atoms with van der Waals surface area (Å²) >= 11 is 0. The quantitative estimate of drug-likeness (QED) is 0.214. The second-order valence-corrected chi connectivity index (χ2v) is 6.25. The lowest BCUT2D eigenvalue weighted by molar-refractivity contribution is -0.115. The first-order valence-electron chi connectivity index (χ1n) is 9.23. The average Bonchev–Trinajstić information content (AvgIpc) is 2.68. The smallest absolute Gasteiger partial charge is 0.243 e. The highest BCUT2D eigenvalue weighted by Gasteiger charge is 2.13. The first-order chi connectivity index (χ1) is 12.8. The fraction of sp³-hybridized carbons (Fsp3) is 0.579. The van der Waals surface area contributed by atoms with Crippen LogP contribution in [0.2, 0.25) is 0 Å². The molecular weight excluding hydrogens is 459 g/mol. The minimum absolute atomic E-state index is 0. The lowest BCUT2D eigenvalue weighted by Gasteiger charge is -2.21. The van der Waals surface area contributed by atoms with Crippen molar-refractivity contribution in [1.82, 2.24) is 10.6 Å². The molecule has 1 fully saturated rings. The summed E-state index contributed by atoms with van der Waals surface area (Å²) in [6.45, 7) is 4.15. The molecule has 0 spiro atoms. The van der Waals surface area contributed by atoms with Crippen molar-refractivity contribution in [2.24, 2.45) is 10.9 Å². The molecule has 1 aliphatic rings. The van der Waals surface area contributed by atoms with E-state index in [0.717, 1.165) is 57.9 Å². The lowest BCUT2D eigenvalue weighted by Crippen LogP contribution is -2.41. The SMILES string of the molecule is CN=C(NCCCOCC1CCOCC1)NCC(=O)Nc1ccccc1.I. The van der Waals surface area contributed by atoms with E-state index in [9.17, 15) is 4.79 Å². The third-order valence-corrected chi connectivity index (χ3v) is 4.15. The summed E-state index contributed by atoms with van der Waals surface area (Å²) in [5.74, 6) is 1.13. The van der Waals surface area contributed by atoms with E-state index in [2.05, 4.69) is 20.9 Å². The molecule has 1 aromatic rings. The van der Waals surface area contributed by atoms with Gasteiger partial charge in [-0.3, -0.25) is 9.79 Å². The number of guanidine groups is 1. The zero-order valence-electron chi connectivity index (χ0n) is 15.9. The molecule has 0 aromatic heterocycles. The van der Waals surface area contributed by atoms with Gasteiger partial charge >= 0.3 is 0 Å². The van der Waals surface area contributed by atoms with Crippen LogP contribution >= 0.6 is 24.0 Å². The van der Waals surface area contributed by atoms with Crippen LogP contribution in [0.4, 0.5) is 5.69 Å². The van der Waals surface area contributed by atoms with E-state index < -0.39 is 0 Å². The maximum atomic E-state index is 11.9. The van der Waals surface area contributed by atoms with Crippen LogP contribution in [-0.2, 0) is 14.3 Å². The Morgan fingerprint density at radius 2 is 1.96 bits per heavy atom. The number of para-hydroxylation sites is 1. The Bertz CT molecular complexity index is 551. The van der Waals surface area contributed by atoms with Crippen LogP contribution in [0.3, 0.4) is 0 Å². The number of hydrogen-bond acceptors (Lipinski definition) is 4. The molecule has 0 saturated carbocycles. The molecule has 1 aliphatic heterocycles. The predicted octanol–water partition coefficient (Wildman–Crippen LogP) is 2.24. The highest BCUT2D eigenvalue weighted by molar-refractivity contribution is 14.0. The fourth-order valence-electron chi connectivity index (χ4n) is 2.66. The monoisotopic (exact) mass is 490 g/mol. The molecule has 27 heavy (non-hydrogen) atoms. The Morgan fingerprint density at radius 1 is 1.22 bits per heavy atom. The minimum Gasteiger partial charge on any atom is -0.381 e. The maximum Gasteiger partial charge on any atom is 0.243 e. The van der Waals surface area contributed by atoms with Gasteiger partial charge in [0.15, 0.2) is 5.96 Å². The zero-order chi connectivity index (χ0) is 18.5. The largest absolute Gasteiger partial charge is 0.381 e. The zero-order valence-corrected chi connectivity index (χ0v) is 18.2. The van der Waals surface area contributed by atoms with Crippen molar-refractivity contribution >= 4 is 41.5 Å². The van der Waals surface area contributed by atoms with Crippen molar-refractivity contribution < 1.29 is 14.3 Å². The van der Waals surface area contributed by atoms with Crippen LogP contribution in [-0.4, -0.2) is 58.4 Å². The molecule has 0 bridgehead atoms.